The van der Waals surface area contributed by atoms with Crippen molar-refractivity contribution in [2.45, 2.75) is 25.8 Å². The van der Waals surface area contributed by atoms with Gasteiger partial charge in [0, 0.05) is 31.4 Å². The van der Waals surface area contributed by atoms with Crippen LogP contribution < -0.4 is 10.2 Å². The molecule has 1 aliphatic rings. The number of nitrogens with zero attached hydrogens (tertiary/aromatic N) is 3. The lowest BCUT2D eigenvalue weighted by Crippen LogP contribution is -2.44. The first-order valence-electron chi connectivity index (χ1n) is 5.61. The van der Waals surface area contributed by atoms with Gasteiger partial charge < -0.3 is 10.2 Å². The van der Waals surface area contributed by atoms with Gasteiger partial charge in [-0.25, -0.2) is 9.97 Å². The smallest absolute Gasteiger partial charge is 0.226 e. The molecule has 16 heavy (non-hydrogen) atoms. The molecule has 0 saturated carbocycles. The zero-order valence-corrected chi connectivity index (χ0v) is 10.5. The van der Waals surface area contributed by atoms with Crippen LogP contribution in [-0.2, 0) is 0 Å². The van der Waals surface area contributed by atoms with Crippen LogP contribution in [0.2, 0.25) is 5.15 Å². The third-order valence-electron chi connectivity index (χ3n) is 3.03. The van der Waals surface area contributed by atoms with E-state index in [9.17, 15) is 0 Å². The first kappa shape index (κ1) is 11.6. The Morgan fingerprint density at radius 2 is 2.38 bits per heavy atom. The van der Waals surface area contributed by atoms with Crippen molar-refractivity contribution >= 4 is 17.5 Å². The Bertz CT molecular complexity index is 363. The Morgan fingerprint density at radius 1 is 1.56 bits per heavy atom. The summed E-state index contributed by atoms with van der Waals surface area (Å²) in [6.07, 6.45) is 4.16. The Labute approximate surface area is 101 Å². The van der Waals surface area contributed by atoms with Gasteiger partial charge in [0.25, 0.3) is 0 Å². The van der Waals surface area contributed by atoms with E-state index in [4.69, 9.17) is 11.6 Å². The Hall–Kier alpha value is -0.870. The number of hydrogen-bond donors (Lipinski definition) is 1. The predicted octanol–water partition coefficient (Wildman–Crippen LogP) is 1.63. The third kappa shape index (κ3) is 2.44. The van der Waals surface area contributed by atoms with E-state index in [-0.39, 0.29) is 0 Å². The number of piperidine rings is 1. The normalized spacial score (nSPS) is 20.8. The summed E-state index contributed by atoms with van der Waals surface area (Å²) in [5.74, 6) is 0.712. The Kier molecular flexibility index (Phi) is 3.61. The first-order chi connectivity index (χ1) is 7.68. The average Bonchev–Trinajstić information content (AvgIpc) is 2.33. The molecule has 1 aromatic rings. The number of aromatic nitrogens is 2. The molecule has 88 valence electrons. The van der Waals surface area contributed by atoms with E-state index >= 15 is 0 Å². The lowest BCUT2D eigenvalue weighted by Gasteiger charge is -2.31. The first-order valence-corrected chi connectivity index (χ1v) is 5.99. The van der Waals surface area contributed by atoms with E-state index in [0.29, 0.717) is 17.1 Å². The maximum absolute atomic E-state index is 6.00. The van der Waals surface area contributed by atoms with E-state index in [0.717, 1.165) is 18.7 Å². The van der Waals surface area contributed by atoms with Crippen molar-refractivity contribution in [3.05, 3.63) is 16.9 Å². The summed E-state index contributed by atoms with van der Waals surface area (Å²) in [5.41, 5.74) is 0.917. The van der Waals surface area contributed by atoms with Crippen LogP contribution in [0.1, 0.15) is 18.4 Å². The van der Waals surface area contributed by atoms with Gasteiger partial charge in [0.15, 0.2) is 0 Å². The van der Waals surface area contributed by atoms with Crippen LogP contribution in [0.25, 0.3) is 0 Å². The molecular formula is C11H17ClN4. The van der Waals surface area contributed by atoms with Crippen molar-refractivity contribution in [3.63, 3.8) is 0 Å². The van der Waals surface area contributed by atoms with Crippen LogP contribution in [0.3, 0.4) is 0 Å². The minimum Gasteiger partial charge on any atom is -0.340 e. The van der Waals surface area contributed by atoms with Crippen LogP contribution in [0.15, 0.2) is 6.20 Å². The number of aryl methyl sites for hydroxylation is 1. The molecule has 1 aromatic heterocycles. The van der Waals surface area contributed by atoms with Gasteiger partial charge in [0.1, 0.15) is 5.15 Å². The summed E-state index contributed by atoms with van der Waals surface area (Å²) in [7, 11) is 2.03. The van der Waals surface area contributed by atoms with Gasteiger partial charge in [-0.15, -0.1) is 0 Å². The predicted molar refractivity (Wildman–Crippen MR) is 66.1 cm³/mol. The monoisotopic (exact) mass is 240 g/mol. The van der Waals surface area contributed by atoms with Gasteiger partial charge in [0.2, 0.25) is 5.95 Å². The van der Waals surface area contributed by atoms with Gasteiger partial charge in [-0.1, -0.05) is 11.6 Å². The second kappa shape index (κ2) is 4.97. The molecule has 0 unspecified atom stereocenters. The molecule has 0 aliphatic carbocycles. The maximum Gasteiger partial charge on any atom is 0.226 e. The zero-order valence-electron chi connectivity index (χ0n) is 9.70. The molecule has 2 heterocycles. The molecule has 1 fully saturated rings. The largest absolute Gasteiger partial charge is 0.340 e. The van der Waals surface area contributed by atoms with E-state index in [1.54, 1.807) is 6.20 Å². The number of hydrogen-bond acceptors (Lipinski definition) is 4. The highest BCUT2D eigenvalue weighted by molar-refractivity contribution is 6.30. The van der Waals surface area contributed by atoms with Gasteiger partial charge in [0.05, 0.1) is 0 Å². The van der Waals surface area contributed by atoms with Gasteiger partial charge in [-0.05, 0) is 26.3 Å². The van der Waals surface area contributed by atoms with Gasteiger partial charge in [-0.2, -0.15) is 0 Å². The second-order valence-corrected chi connectivity index (χ2v) is 4.61. The summed E-state index contributed by atoms with van der Waals surface area (Å²) < 4.78 is 0. The topological polar surface area (TPSA) is 41.1 Å². The molecular weight excluding hydrogens is 224 g/mol. The molecule has 0 radical (unpaired) electrons. The fraction of sp³-hybridized carbons (Fsp3) is 0.636. The molecule has 1 aliphatic heterocycles. The molecule has 0 amide bonds. The standard InChI is InChI=1S/C11H17ClN4/c1-8-6-14-11(15-10(8)12)16(2)9-4-3-5-13-7-9/h6,9,13H,3-5,7H2,1-2H3/t9-/m0/s1. The SMILES string of the molecule is Cc1cnc(N(C)[C@H]2CCCNC2)nc1Cl. The van der Waals surface area contributed by atoms with Crippen LogP contribution in [0.5, 0.6) is 0 Å². The van der Waals surface area contributed by atoms with Crippen LogP contribution in [-0.4, -0.2) is 36.1 Å². The summed E-state index contributed by atoms with van der Waals surface area (Å²) in [4.78, 5) is 10.7. The van der Waals surface area contributed by atoms with Crippen molar-refractivity contribution in [1.29, 1.82) is 0 Å². The maximum atomic E-state index is 6.00. The fourth-order valence-corrected chi connectivity index (χ4v) is 2.03. The quantitative estimate of drug-likeness (QED) is 0.798. The number of halogens is 1. The van der Waals surface area contributed by atoms with Crippen molar-refractivity contribution in [3.8, 4) is 0 Å². The van der Waals surface area contributed by atoms with E-state index in [2.05, 4.69) is 20.2 Å². The lowest BCUT2D eigenvalue weighted by atomic mass is 10.1. The van der Waals surface area contributed by atoms with Crippen LogP contribution in [0, 0.1) is 6.92 Å². The third-order valence-corrected chi connectivity index (χ3v) is 3.41. The van der Waals surface area contributed by atoms with Crippen molar-refractivity contribution in [1.82, 2.24) is 15.3 Å². The minimum atomic E-state index is 0.465. The summed E-state index contributed by atoms with van der Waals surface area (Å²) in [5, 5.41) is 3.92. The minimum absolute atomic E-state index is 0.465. The molecule has 1 saturated heterocycles. The molecule has 0 aromatic carbocycles. The van der Waals surface area contributed by atoms with Crippen molar-refractivity contribution < 1.29 is 0 Å². The summed E-state index contributed by atoms with van der Waals surface area (Å²) in [6, 6.07) is 0.465. The number of nitrogens with one attached hydrogen (secondary N) is 1. The van der Waals surface area contributed by atoms with Gasteiger partial charge >= 0.3 is 0 Å². The molecule has 1 atom stereocenters. The van der Waals surface area contributed by atoms with Gasteiger partial charge in [-0.3, -0.25) is 0 Å². The molecule has 0 bridgehead atoms. The summed E-state index contributed by atoms with van der Waals surface area (Å²) in [6.45, 7) is 4.01. The molecule has 2 rings (SSSR count). The molecule has 1 N–H and O–H groups in total. The van der Waals surface area contributed by atoms with E-state index in [1.165, 1.54) is 12.8 Å². The van der Waals surface area contributed by atoms with Crippen LogP contribution >= 0.6 is 11.6 Å². The van der Waals surface area contributed by atoms with Crippen molar-refractivity contribution in [2.24, 2.45) is 0 Å². The molecule has 0 spiro atoms. The molecule has 4 nitrogen and oxygen atoms in total. The number of likely N-dealkylation sites (N-methyl/N-ethyl adjacent to an activating group) is 1. The number of rotatable bonds is 2. The highest BCUT2D eigenvalue weighted by Crippen LogP contribution is 2.18. The van der Waals surface area contributed by atoms with Crippen molar-refractivity contribution in [2.75, 3.05) is 25.0 Å². The van der Waals surface area contributed by atoms with E-state index < -0.39 is 0 Å². The number of anilines is 1. The molecule has 5 heteroatoms. The Morgan fingerprint density at radius 3 is 3.00 bits per heavy atom. The summed E-state index contributed by atoms with van der Waals surface area (Å²) >= 11 is 6.00. The highest BCUT2D eigenvalue weighted by atomic mass is 35.5. The van der Waals surface area contributed by atoms with E-state index in [1.807, 2.05) is 14.0 Å². The fourth-order valence-electron chi connectivity index (χ4n) is 1.91. The average molecular weight is 241 g/mol. The Balaban J connectivity index is 2.12. The zero-order chi connectivity index (χ0) is 11.5. The highest BCUT2D eigenvalue weighted by Gasteiger charge is 2.20. The van der Waals surface area contributed by atoms with Crippen LogP contribution in [0.4, 0.5) is 5.95 Å². The lowest BCUT2D eigenvalue weighted by molar-refractivity contribution is 0.441. The second-order valence-electron chi connectivity index (χ2n) is 4.25.